The molecule has 0 amide bonds. The van der Waals surface area contributed by atoms with Crippen molar-refractivity contribution in [2.24, 2.45) is 7.05 Å². The van der Waals surface area contributed by atoms with Crippen molar-refractivity contribution in [1.82, 2.24) is 4.57 Å². The molecule has 0 fully saturated rings. The third-order valence-corrected chi connectivity index (χ3v) is 5.74. The topological polar surface area (TPSA) is 22.0 Å². The fourth-order valence-electron chi connectivity index (χ4n) is 4.30. The molecule has 0 N–H and O–H groups in total. The van der Waals surface area contributed by atoms with Gasteiger partial charge in [-0.05, 0) is 55.4 Å². The lowest BCUT2D eigenvalue weighted by atomic mass is 9.87. The number of alkyl halides is 3. The van der Waals surface area contributed by atoms with E-state index in [0.29, 0.717) is 12.1 Å². The zero-order valence-electron chi connectivity index (χ0n) is 15.6. The Balaban J connectivity index is 2.29. The molecule has 3 rings (SSSR count). The Hall–Kier alpha value is -2.04. The quantitative estimate of drug-likeness (QED) is 0.748. The summed E-state index contributed by atoms with van der Waals surface area (Å²) in [5.41, 5.74) is 2.37. The van der Waals surface area contributed by atoms with Gasteiger partial charge in [-0.15, -0.1) is 0 Å². The summed E-state index contributed by atoms with van der Waals surface area (Å²) in [6.45, 7) is 5.12. The molecule has 0 aliphatic heterocycles. The Kier molecular flexibility index (Phi) is 4.76. The highest BCUT2D eigenvalue weighted by Gasteiger charge is 2.41. The maximum absolute atomic E-state index is 13.9. The second-order valence-electron chi connectivity index (χ2n) is 7.19. The van der Waals surface area contributed by atoms with Crippen molar-refractivity contribution in [3.05, 3.63) is 67.6 Å². The van der Waals surface area contributed by atoms with Gasteiger partial charge in [-0.2, -0.15) is 13.2 Å². The minimum atomic E-state index is -4.54. The summed E-state index contributed by atoms with van der Waals surface area (Å²) >= 11 is 0. The van der Waals surface area contributed by atoms with E-state index in [1.54, 1.807) is 14.0 Å². The minimum absolute atomic E-state index is 0.0875. The van der Waals surface area contributed by atoms with Crippen molar-refractivity contribution in [2.75, 3.05) is 0 Å². The van der Waals surface area contributed by atoms with E-state index in [4.69, 9.17) is 0 Å². The average molecular weight is 363 g/mol. The van der Waals surface area contributed by atoms with E-state index in [2.05, 4.69) is 6.92 Å². The Morgan fingerprint density at radius 3 is 2.54 bits per heavy atom. The Labute approximate surface area is 151 Å². The molecular formula is C21H24F3NO. The molecule has 0 saturated carbocycles. The summed E-state index contributed by atoms with van der Waals surface area (Å²) in [5, 5.41) is 0. The van der Waals surface area contributed by atoms with Gasteiger partial charge in [0.1, 0.15) is 0 Å². The highest BCUT2D eigenvalue weighted by atomic mass is 19.4. The second kappa shape index (κ2) is 6.60. The molecule has 0 saturated heterocycles. The third-order valence-electron chi connectivity index (χ3n) is 5.74. The molecule has 2 aromatic rings. The summed E-state index contributed by atoms with van der Waals surface area (Å²) in [6, 6.07) is 5.84. The normalized spacial score (nSPS) is 16.8. The van der Waals surface area contributed by atoms with Crippen molar-refractivity contribution < 1.29 is 13.2 Å². The number of nitrogens with zero attached hydrogens (tertiary/aromatic N) is 1. The number of pyridine rings is 1. The van der Waals surface area contributed by atoms with Gasteiger partial charge in [0.15, 0.2) is 0 Å². The zero-order valence-corrected chi connectivity index (χ0v) is 15.6. The van der Waals surface area contributed by atoms with Crippen molar-refractivity contribution in [3.8, 4) is 0 Å². The summed E-state index contributed by atoms with van der Waals surface area (Å²) in [4.78, 5) is 12.9. The predicted molar refractivity (Wildman–Crippen MR) is 96.8 cm³/mol. The van der Waals surface area contributed by atoms with Crippen LogP contribution in [-0.4, -0.2) is 4.57 Å². The summed E-state index contributed by atoms with van der Waals surface area (Å²) < 4.78 is 43.0. The van der Waals surface area contributed by atoms with Gasteiger partial charge in [0, 0.05) is 24.2 Å². The van der Waals surface area contributed by atoms with Crippen molar-refractivity contribution in [3.63, 3.8) is 0 Å². The van der Waals surface area contributed by atoms with Gasteiger partial charge in [-0.25, -0.2) is 0 Å². The van der Waals surface area contributed by atoms with Crippen LogP contribution in [0.2, 0.25) is 0 Å². The lowest BCUT2D eigenvalue weighted by Crippen LogP contribution is -2.31. The molecule has 0 unspecified atom stereocenters. The molecule has 1 heterocycles. The van der Waals surface area contributed by atoms with Crippen LogP contribution in [-0.2, 0) is 26.1 Å². The van der Waals surface area contributed by atoms with Crippen LogP contribution >= 0.6 is 0 Å². The largest absolute Gasteiger partial charge is 0.417 e. The summed E-state index contributed by atoms with van der Waals surface area (Å²) in [5.74, 6) is -0.489. The molecule has 0 spiro atoms. The van der Waals surface area contributed by atoms with Gasteiger partial charge in [0.2, 0.25) is 0 Å². The first-order chi connectivity index (χ1) is 12.2. The van der Waals surface area contributed by atoms with Crippen LogP contribution in [0.25, 0.3) is 0 Å². The molecule has 1 aromatic heterocycles. The van der Waals surface area contributed by atoms with E-state index >= 15 is 0 Å². The number of benzene rings is 1. The van der Waals surface area contributed by atoms with Crippen molar-refractivity contribution >= 4 is 0 Å². The van der Waals surface area contributed by atoms with Crippen LogP contribution in [0, 0.1) is 13.8 Å². The number of rotatable bonds is 3. The van der Waals surface area contributed by atoms with Crippen LogP contribution < -0.4 is 5.56 Å². The molecule has 26 heavy (non-hydrogen) atoms. The zero-order chi connectivity index (χ0) is 19.2. The van der Waals surface area contributed by atoms with Gasteiger partial charge in [0.05, 0.1) is 5.56 Å². The lowest BCUT2D eigenvalue weighted by Gasteiger charge is -2.23. The summed E-state index contributed by atoms with van der Waals surface area (Å²) in [7, 11) is 1.55. The Morgan fingerprint density at radius 2 is 1.92 bits per heavy atom. The average Bonchev–Trinajstić information content (AvgIpc) is 3.00. The Morgan fingerprint density at radius 1 is 1.23 bits per heavy atom. The van der Waals surface area contributed by atoms with Crippen LogP contribution in [0.4, 0.5) is 13.2 Å². The molecular weight excluding hydrogens is 339 g/mol. The predicted octanol–water partition coefficient (Wildman–Crippen LogP) is 5.05. The molecule has 1 aliphatic carbocycles. The number of aryl methyl sites for hydroxylation is 1. The maximum atomic E-state index is 13.9. The number of hydrogen-bond acceptors (Lipinski definition) is 1. The van der Waals surface area contributed by atoms with Crippen molar-refractivity contribution in [1.29, 1.82) is 0 Å². The van der Waals surface area contributed by atoms with E-state index in [0.717, 1.165) is 30.4 Å². The van der Waals surface area contributed by atoms with Crippen molar-refractivity contribution in [2.45, 2.75) is 58.5 Å². The molecule has 1 aliphatic rings. The molecule has 0 bridgehead atoms. The van der Waals surface area contributed by atoms with Crippen LogP contribution in [0.3, 0.4) is 0 Å². The number of aromatic nitrogens is 1. The highest BCUT2D eigenvalue weighted by molar-refractivity contribution is 5.50. The summed E-state index contributed by atoms with van der Waals surface area (Å²) in [6.07, 6.45) is -1.37. The molecule has 0 radical (unpaired) electrons. The van der Waals surface area contributed by atoms with E-state index in [-0.39, 0.29) is 11.1 Å². The standard InChI is InChI=1S/C21H24F3NO/c1-5-7-14-8-6-9-16-15(14)10-11-17(16)18-19(21(22,23)24)12(2)13(3)25(4)20(18)26/h6,8-9,17H,5,7,10-11H2,1-4H3/t17-/m1/s1. The number of halogens is 3. The highest BCUT2D eigenvalue weighted by Crippen LogP contribution is 2.44. The van der Waals surface area contributed by atoms with Crippen LogP contribution in [0.1, 0.15) is 64.8 Å². The molecule has 1 aromatic carbocycles. The fraction of sp³-hybridized carbons (Fsp3) is 0.476. The SMILES string of the molecule is CCCc1cccc2c1CC[C@H]2c1c(C(F)(F)F)c(C)c(C)n(C)c1=O. The van der Waals surface area contributed by atoms with Gasteiger partial charge in [-0.3, -0.25) is 4.79 Å². The molecule has 140 valence electrons. The first-order valence-electron chi connectivity index (χ1n) is 9.06. The number of hydrogen-bond donors (Lipinski definition) is 0. The van der Waals surface area contributed by atoms with Crippen LogP contribution in [0.15, 0.2) is 23.0 Å². The van der Waals surface area contributed by atoms with Gasteiger partial charge >= 0.3 is 6.18 Å². The van der Waals surface area contributed by atoms with E-state index in [1.807, 2.05) is 18.2 Å². The monoisotopic (exact) mass is 363 g/mol. The van der Waals surface area contributed by atoms with E-state index in [9.17, 15) is 18.0 Å². The first kappa shape index (κ1) is 18.7. The fourth-order valence-corrected chi connectivity index (χ4v) is 4.30. The molecule has 1 atom stereocenters. The smallest absolute Gasteiger partial charge is 0.315 e. The van der Waals surface area contributed by atoms with E-state index < -0.39 is 23.2 Å². The van der Waals surface area contributed by atoms with Gasteiger partial charge < -0.3 is 4.57 Å². The third kappa shape index (κ3) is 2.87. The molecule has 5 heteroatoms. The second-order valence-corrected chi connectivity index (χ2v) is 7.19. The van der Waals surface area contributed by atoms with Gasteiger partial charge in [0.25, 0.3) is 5.56 Å². The van der Waals surface area contributed by atoms with Crippen LogP contribution in [0.5, 0.6) is 0 Å². The molecule has 2 nitrogen and oxygen atoms in total. The lowest BCUT2D eigenvalue weighted by molar-refractivity contribution is -0.139. The first-order valence-corrected chi connectivity index (χ1v) is 9.06. The minimum Gasteiger partial charge on any atom is -0.315 e. The number of fused-ring (bicyclic) bond motifs is 1. The Bertz CT molecular complexity index is 909. The maximum Gasteiger partial charge on any atom is 0.417 e. The van der Waals surface area contributed by atoms with Gasteiger partial charge in [-0.1, -0.05) is 31.5 Å². The van der Waals surface area contributed by atoms with E-state index in [1.165, 1.54) is 17.1 Å².